The minimum Gasteiger partial charge on any atom is -0.497 e. The molecule has 0 saturated heterocycles. The highest BCUT2D eigenvalue weighted by Crippen LogP contribution is 2.30. The van der Waals surface area contributed by atoms with Gasteiger partial charge < -0.3 is 14.8 Å². The first-order chi connectivity index (χ1) is 17.1. The quantitative estimate of drug-likeness (QED) is 0.172. The van der Waals surface area contributed by atoms with E-state index < -0.39 is 29.5 Å². The van der Waals surface area contributed by atoms with Crippen molar-refractivity contribution in [1.82, 2.24) is 5.43 Å². The first kappa shape index (κ1) is 25.9. The van der Waals surface area contributed by atoms with Crippen LogP contribution in [0.3, 0.4) is 0 Å². The summed E-state index contributed by atoms with van der Waals surface area (Å²) in [6, 6.07) is 16.5. The number of esters is 1. The number of nitrogens with zero attached hydrogens (tertiary/aromatic N) is 1. The number of para-hydroxylation sites is 1. The smallest absolute Gasteiger partial charge is 0.416 e. The SMILES string of the molecule is COc1ccc(C(=O)Oc2ccccc2/C(C)=N/NC(=O)C(=O)Nc2cccc(C(F)(F)F)c2)cc1. The standard InChI is InChI=1S/C25H20F3N3O5/c1-15(30-31-23(33)22(32)29-18-7-5-6-17(14-18)25(26,27)28)20-8-3-4-9-21(20)36-24(34)16-10-12-19(35-2)13-11-16/h3-14H,1-2H3,(H,29,32)(H,31,33)/b30-15+. The van der Waals surface area contributed by atoms with Crippen LogP contribution in [-0.4, -0.2) is 30.6 Å². The van der Waals surface area contributed by atoms with Gasteiger partial charge in [0.05, 0.1) is 23.9 Å². The van der Waals surface area contributed by atoms with Crippen molar-refractivity contribution in [3.63, 3.8) is 0 Å². The van der Waals surface area contributed by atoms with Crippen LogP contribution in [0, 0.1) is 0 Å². The number of carbonyl (C=O) groups excluding carboxylic acids is 3. The normalized spacial score (nSPS) is 11.4. The number of hydrogen-bond donors (Lipinski definition) is 2. The molecule has 0 aliphatic rings. The summed E-state index contributed by atoms with van der Waals surface area (Å²) >= 11 is 0. The van der Waals surface area contributed by atoms with Crippen molar-refractivity contribution in [3.8, 4) is 11.5 Å². The number of anilines is 1. The van der Waals surface area contributed by atoms with Crippen LogP contribution in [0.4, 0.5) is 18.9 Å². The molecule has 0 aliphatic heterocycles. The molecule has 0 bridgehead atoms. The lowest BCUT2D eigenvalue weighted by Gasteiger charge is -2.11. The number of benzene rings is 3. The van der Waals surface area contributed by atoms with Crippen molar-refractivity contribution >= 4 is 29.2 Å². The van der Waals surface area contributed by atoms with Crippen molar-refractivity contribution < 1.29 is 37.0 Å². The average molecular weight is 499 g/mol. The summed E-state index contributed by atoms with van der Waals surface area (Å²) in [6.07, 6.45) is -4.60. The number of amides is 2. The fourth-order valence-corrected chi connectivity index (χ4v) is 2.95. The molecule has 0 spiro atoms. The van der Waals surface area contributed by atoms with E-state index in [1.54, 1.807) is 30.3 Å². The number of nitrogens with one attached hydrogen (secondary N) is 2. The minimum absolute atomic E-state index is 0.155. The second kappa shape index (κ2) is 11.2. The van der Waals surface area contributed by atoms with E-state index in [4.69, 9.17) is 9.47 Å². The van der Waals surface area contributed by atoms with Gasteiger partial charge in [-0.3, -0.25) is 9.59 Å². The van der Waals surface area contributed by atoms with Gasteiger partial charge in [-0.05, 0) is 61.5 Å². The lowest BCUT2D eigenvalue weighted by molar-refractivity contribution is -0.137. The van der Waals surface area contributed by atoms with Crippen molar-refractivity contribution in [2.24, 2.45) is 5.10 Å². The highest BCUT2D eigenvalue weighted by atomic mass is 19.4. The van der Waals surface area contributed by atoms with Gasteiger partial charge in [0, 0.05) is 11.3 Å². The lowest BCUT2D eigenvalue weighted by atomic mass is 10.1. The van der Waals surface area contributed by atoms with E-state index in [0.29, 0.717) is 17.4 Å². The van der Waals surface area contributed by atoms with Crippen LogP contribution >= 0.6 is 0 Å². The second-order valence-corrected chi connectivity index (χ2v) is 7.29. The van der Waals surface area contributed by atoms with Crippen molar-refractivity contribution in [1.29, 1.82) is 0 Å². The Bertz CT molecular complexity index is 1300. The van der Waals surface area contributed by atoms with Gasteiger partial charge in [-0.15, -0.1) is 0 Å². The summed E-state index contributed by atoms with van der Waals surface area (Å²) in [6.45, 7) is 1.50. The molecule has 2 N–H and O–H groups in total. The van der Waals surface area contributed by atoms with E-state index in [1.165, 1.54) is 38.3 Å². The Hall–Kier alpha value is -4.67. The summed E-state index contributed by atoms with van der Waals surface area (Å²) in [5, 5.41) is 5.93. The summed E-state index contributed by atoms with van der Waals surface area (Å²) in [7, 11) is 1.50. The molecule has 0 heterocycles. The number of methoxy groups -OCH3 is 1. The molecule has 2 amide bonds. The molecular formula is C25H20F3N3O5. The number of rotatable bonds is 6. The van der Waals surface area contributed by atoms with Gasteiger partial charge in [0.15, 0.2) is 0 Å². The predicted molar refractivity (Wildman–Crippen MR) is 125 cm³/mol. The highest BCUT2D eigenvalue weighted by molar-refractivity contribution is 6.39. The zero-order valence-electron chi connectivity index (χ0n) is 19.1. The molecule has 0 aliphatic carbocycles. The molecule has 8 nitrogen and oxygen atoms in total. The molecule has 0 fully saturated rings. The van der Waals surface area contributed by atoms with Gasteiger partial charge in [0.1, 0.15) is 11.5 Å². The zero-order valence-corrected chi connectivity index (χ0v) is 19.1. The maximum atomic E-state index is 12.8. The van der Waals surface area contributed by atoms with E-state index in [1.807, 2.05) is 5.43 Å². The Labute approximate surface area is 203 Å². The van der Waals surface area contributed by atoms with E-state index in [0.717, 1.165) is 12.1 Å². The van der Waals surface area contributed by atoms with Crippen LogP contribution in [0.1, 0.15) is 28.4 Å². The summed E-state index contributed by atoms with van der Waals surface area (Å²) in [5.74, 6) is -2.34. The van der Waals surface area contributed by atoms with Gasteiger partial charge in [0.25, 0.3) is 0 Å². The Morgan fingerprint density at radius 1 is 0.889 bits per heavy atom. The molecule has 0 atom stereocenters. The maximum absolute atomic E-state index is 12.8. The highest BCUT2D eigenvalue weighted by Gasteiger charge is 2.30. The summed E-state index contributed by atoms with van der Waals surface area (Å²) in [5.41, 5.74) is 1.69. The van der Waals surface area contributed by atoms with E-state index >= 15 is 0 Å². The number of carbonyl (C=O) groups is 3. The second-order valence-electron chi connectivity index (χ2n) is 7.29. The van der Waals surface area contributed by atoms with Crippen LogP contribution in [0.5, 0.6) is 11.5 Å². The molecule has 11 heteroatoms. The maximum Gasteiger partial charge on any atom is 0.416 e. The number of ether oxygens (including phenoxy) is 2. The number of hydrogen-bond acceptors (Lipinski definition) is 6. The molecule has 3 aromatic carbocycles. The molecule has 0 radical (unpaired) electrons. The monoisotopic (exact) mass is 499 g/mol. The summed E-state index contributed by atoms with van der Waals surface area (Å²) in [4.78, 5) is 36.7. The number of hydrazone groups is 1. The molecule has 0 aromatic heterocycles. The van der Waals surface area contributed by atoms with Crippen molar-refractivity contribution in [2.45, 2.75) is 13.1 Å². The van der Waals surface area contributed by atoms with Crippen LogP contribution in [-0.2, 0) is 15.8 Å². The van der Waals surface area contributed by atoms with Crippen molar-refractivity contribution in [2.75, 3.05) is 12.4 Å². The Morgan fingerprint density at radius 2 is 1.58 bits per heavy atom. The van der Waals surface area contributed by atoms with Gasteiger partial charge in [0.2, 0.25) is 0 Å². The molecule has 186 valence electrons. The minimum atomic E-state index is -4.60. The number of alkyl halides is 3. The predicted octanol–water partition coefficient (Wildman–Crippen LogP) is 4.41. The fraction of sp³-hybridized carbons (Fsp3) is 0.120. The van der Waals surface area contributed by atoms with Crippen LogP contribution in [0.2, 0.25) is 0 Å². The third-order valence-electron chi connectivity index (χ3n) is 4.78. The van der Waals surface area contributed by atoms with Gasteiger partial charge in [-0.25, -0.2) is 10.2 Å². The molecule has 3 aromatic rings. The molecular weight excluding hydrogens is 479 g/mol. The largest absolute Gasteiger partial charge is 0.497 e. The van der Waals surface area contributed by atoms with Crippen LogP contribution in [0.15, 0.2) is 77.9 Å². The van der Waals surface area contributed by atoms with E-state index in [-0.39, 0.29) is 22.7 Å². The topological polar surface area (TPSA) is 106 Å². The number of halogens is 3. The fourth-order valence-electron chi connectivity index (χ4n) is 2.95. The Morgan fingerprint density at radius 3 is 2.25 bits per heavy atom. The molecule has 0 saturated carbocycles. The first-order valence-electron chi connectivity index (χ1n) is 10.4. The summed E-state index contributed by atoms with van der Waals surface area (Å²) < 4.78 is 49.0. The Balaban J connectivity index is 1.67. The molecule has 36 heavy (non-hydrogen) atoms. The van der Waals surface area contributed by atoms with Crippen molar-refractivity contribution in [3.05, 3.63) is 89.5 Å². The molecule has 0 unspecified atom stereocenters. The lowest BCUT2D eigenvalue weighted by Crippen LogP contribution is -2.33. The third-order valence-corrected chi connectivity index (χ3v) is 4.78. The van der Waals surface area contributed by atoms with Crippen LogP contribution in [0.25, 0.3) is 0 Å². The van der Waals surface area contributed by atoms with Crippen LogP contribution < -0.4 is 20.2 Å². The van der Waals surface area contributed by atoms with E-state index in [2.05, 4.69) is 10.4 Å². The zero-order chi connectivity index (χ0) is 26.3. The average Bonchev–Trinajstić information content (AvgIpc) is 2.87. The van der Waals surface area contributed by atoms with Gasteiger partial charge >= 0.3 is 24.0 Å². The first-order valence-corrected chi connectivity index (χ1v) is 10.4. The van der Waals surface area contributed by atoms with E-state index in [9.17, 15) is 27.6 Å². The molecule has 3 rings (SSSR count). The third kappa shape index (κ3) is 6.69. The van der Waals surface area contributed by atoms with Gasteiger partial charge in [-0.2, -0.15) is 18.3 Å². The Kier molecular flexibility index (Phi) is 8.05. The van der Waals surface area contributed by atoms with Gasteiger partial charge in [-0.1, -0.05) is 18.2 Å².